The largest absolute Gasteiger partial charge is 0.398 e. The molecule has 3 aromatic rings. The molecule has 0 heterocycles. The Morgan fingerprint density at radius 3 is 2.12 bits per heavy atom. The van der Waals surface area contributed by atoms with E-state index in [1.807, 2.05) is 0 Å². The Kier molecular flexibility index (Phi) is 4.63. The Morgan fingerprint density at radius 1 is 0.800 bits per heavy atom. The molecule has 3 nitrogen and oxygen atoms in total. The zero-order valence-electron chi connectivity index (χ0n) is 13.0. The van der Waals surface area contributed by atoms with Crippen molar-refractivity contribution < 1.29 is 14.0 Å². The molecule has 25 heavy (non-hydrogen) atoms. The van der Waals surface area contributed by atoms with Crippen molar-refractivity contribution >= 4 is 28.9 Å². The van der Waals surface area contributed by atoms with Gasteiger partial charge in [0.2, 0.25) is 0 Å². The number of halogens is 2. The van der Waals surface area contributed by atoms with Gasteiger partial charge in [-0.1, -0.05) is 23.7 Å². The minimum Gasteiger partial charge on any atom is -0.398 e. The standard InChI is InChI=1S/C20H13ClFNO2/c21-15-3-1-2-13(10-15)20(25)17-11-14(6-9-18(17)23)19(24)12-4-7-16(22)8-5-12/h1-11H,23H2. The maximum Gasteiger partial charge on any atom is 0.195 e. The van der Waals surface area contributed by atoms with E-state index in [9.17, 15) is 14.0 Å². The molecule has 0 aliphatic rings. The first-order valence-electron chi connectivity index (χ1n) is 7.46. The van der Waals surface area contributed by atoms with Crippen molar-refractivity contribution in [2.24, 2.45) is 0 Å². The maximum absolute atomic E-state index is 13.0. The minimum atomic E-state index is -0.425. The third kappa shape index (κ3) is 3.59. The highest BCUT2D eigenvalue weighted by Gasteiger charge is 2.17. The van der Waals surface area contributed by atoms with Crippen molar-refractivity contribution in [3.05, 3.63) is 99.8 Å². The van der Waals surface area contributed by atoms with Gasteiger partial charge in [-0.2, -0.15) is 0 Å². The van der Waals surface area contributed by atoms with Gasteiger partial charge in [-0.25, -0.2) is 4.39 Å². The van der Waals surface area contributed by atoms with E-state index < -0.39 is 5.82 Å². The molecule has 0 amide bonds. The van der Waals surface area contributed by atoms with Gasteiger partial charge in [0, 0.05) is 33.0 Å². The second kappa shape index (κ2) is 6.87. The molecule has 3 rings (SSSR count). The Balaban J connectivity index is 1.99. The highest BCUT2D eigenvalue weighted by molar-refractivity contribution is 6.31. The zero-order chi connectivity index (χ0) is 18.0. The first-order valence-corrected chi connectivity index (χ1v) is 7.83. The number of anilines is 1. The third-order valence-electron chi connectivity index (χ3n) is 3.75. The average Bonchev–Trinajstić information content (AvgIpc) is 2.61. The van der Waals surface area contributed by atoms with Crippen molar-refractivity contribution in [3.8, 4) is 0 Å². The van der Waals surface area contributed by atoms with E-state index in [0.717, 1.165) is 0 Å². The number of carbonyl (C=O) groups excluding carboxylic acids is 2. The monoisotopic (exact) mass is 353 g/mol. The summed E-state index contributed by atoms with van der Waals surface area (Å²) in [4.78, 5) is 25.2. The molecule has 124 valence electrons. The van der Waals surface area contributed by atoms with Crippen LogP contribution in [0, 0.1) is 5.82 Å². The van der Waals surface area contributed by atoms with Crippen LogP contribution in [0.4, 0.5) is 10.1 Å². The zero-order valence-corrected chi connectivity index (χ0v) is 13.8. The molecule has 0 saturated carbocycles. The number of ketones is 2. The second-order valence-corrected chi connectivity index (χ2v) is 5.91. The Hall–Kier alpha value is -2.98. The van der Waals surface area contributed by atoms with Crippen molar-refractivity contribution in [1.29, 1.82) is 0 Å². The van der Waals surface area contributed by atoms with E-state index in [4.69, 9.17) is 17.3 Å². The summed E-state index contributed by atoms with van der Waals surface area (Å²) in [6, 6.07) is 16.2. The van der Waals surface area contributed by atoms with Gasteiger partial charge in [0.1, 0.15) is 5.82 Å². The van der Waals surface area contributed by atoms with Crippen LogP contribution in [0.25, 0.3) is 0 Å². The predicted molar refractivity (Wildman–Crippen MR) is 95.6 cm³/mol. The second-order valence-electron chi connectivity index (χ2n) is 5.48. The van der Waals surface area contributed by atoms with Crippen molar-refractivity contribution in [2.45, 2.75) is 0 Å². The Morgan fingerprint density at radius 2 is 1.44 bits per heavy atom. The fourth-order valence-corrected chi connectivity index (χ4v) is 2.64. The highest BCUT2D eigenvalue weighted by Crippen LogP contribution is 2.22. The maximum atomic E-state index is 13.0. The summed E-state index contributed by atoms with van der Waals surface area (Å²) in [6.07, 6.45) is 0. The molecule has 0 aliphatic carbocycles. The van der Waals surface area contributed by atoms with E-state index in [2.05, 4.69) is 0 Å². The number of benzene rings is 3. The van der Waals surface area contributed by atoms with Crippen LogP contribution in [0.3, 0.4) is 0 Å². The van der Waals surface area contributed by atoms with Gasteiger partial charge in [0.05, 0.1) is 0 Å². The minimum absolute atomic E-state index is 0.218. The van der Waals surface area contributed by atoms with Crippen LogP contribution in [0.15, 0.2) is 66.7 Å². The van der Waals surface area contributed by atoms with Gasteiger partial charge in [-0.3, -0.25) is 9.59 Å². The fraction of sp³-hybridized carbons (Fsp3) is 0. The lowest BCUT2D eigenvalue weighted by Crippen LogP contribution is -2.09. The molecule has 0 saturated heterocycles. The highest BCUT2D eigenvalue weighted by atomic mass is 35.5. The lowest BCUT2D eigenvalue weighted by Gasteiger charge is -2.08. The number of rotatable bonds is 4. The Bertz CT molecular complexity index is 968. The van der Waals surface area contributed by atoms with E-state index in [1.54, 1.807) is 18.2 Å². The summed E-state index contributed by atoms with van der Waals surface area (Å²) < 4.78 is 13.0. The summed E-state index contributed by atoms with van der Waals surface area (Å²) in [5.74, 6) is -1.07. The lowest BCUT2D eigenvalue weighted by atomic mass is 9.96. The quantitative estimate of drug-likeness (QED) is 0.554. The van der Waals surface area contributed by atoms with E-state index >= 15 is 0 Å². The van der Waals surface area contributed by atoms with Crippen molar-refractivity contribution in [2.75, 3.05) is 5.73 Å². The molecule has 3 aromatic carbocycles. The smallest absolute Gasteiger partial charge is 0.195 e. The van der Waals surface area contributed by atoms with Crippen molar-refractivity contribution in [3.63, 3.8) is 0 Å². The van der Waals surface area contributed by atoms with Crippen LogP contribution >= 0.6 is 11.6 Å². The van der Waals surface area contributed by atoms with Gasteiger partial charge in [-0.05, 0) is 54.6 Å². The van der Waals surface area contributed by atoms with Crippen LogP contribution in [-0.4, -0.2) is 11.6 Å². The molecule has 2 N–H and O–H groups in total. The molecule has 5 heteroatoms. The number of nitrogens with two attached hydrogens (primary N) is 1. The van der Waals surface area contributed by atoms with Gasteiger partial charge < -0.3 is 5.73 Å². The molecule has 0 fully saturated rings. The van der Waals surface area contributed by atoms with E-state index in [-0.39, 0.29) is 22.8 Å². The van der Waals surface area contributed by atoms with Crippen LogP contribution in [0.1, 0.15) is 31.8 Å². The van der Waals surface area contributed by atoms with Gasteiger partial charge >= 0.3 is 0 Å². The topological polar surface area (TPSA) is 60.2 Å². The first-order chi connectivity index (χ1) is 12.0. The molecule has 0 unspecified atom stereocenters. The average molecular weight is 354 g/mol. The van der Waals surface area contributed by atoms with Crippen LogP contribution in [-0.2, 0) is 0 Å². The molecule has 0 atom stereocenters. The molecule has 0 spiro atoms. The van der Waals surface area contributed by atoms with Crippen LogP contribution < -0.4 is 5.73 Å². The molecule has 0 aliphatic heterocycles. The van der Waals surface area contributed by atoms with Gasteiger partial charge in [0.15, 0.2) is 11.6 Å². The number of hydrogen-bond donors (Lipinski definition) is 1. The molecule has 0 bridgehead atoms. The molecule has 0 radical (unpaired) electrons. The lowest BCUT2D eigenvalue weighted by molar-refractivity contribution is 0.103. The SMILES string of the molecule is Nc1ccc(C(=O)c2ccc(F)cc2)cc1C(=O)c1cccc(Cl)c1. The summed E-state index contributed by atoms with van der Waals surface area (Å²) in [6.45, 7) is 0. The van der Waals surface area contributed by atoms with Crippen molar-refractivity contribution in [1.82, 2.24) is 0 Å². The first kappa shape index (κ1) is 16.9. The summed E-state index contributed by atoms with van der Waals surface area (Å²) >= 11 is 5.92. The van der Waals surface area contributed by atoms with Crippen LogP contribution in [0.5, 0.6) is 0 Å². The summed E-state index contributed by atoms with van der Waals surface area (Å²) in [7, 11) is 0. The molecule has 0 aromatic heterocycles. The van der Waals surface area contributed by atoms with Crippen LogP contribution in [0.2, 0.25) is 5.02 Å². The normalized spacial score (nSPS) is 10.5. The number of hydrogen-bond acceptors (Lipinski definition) is 3. The summed E-state index contributed by atoms with van der Waals surface area (Å²) in [5, 5.41) is 0.433. The molecular formula is C20H13ClFNO2. The van der Waals surface area contributed by atoms with E-state index in [0.29, 0.717) is 21.7 Å². The third-order valence-corrected chi connectivity index (χ3v) is 3.99. The van der Waals surface area contributed by atoms with Gasteiger partial charge in [0.25, 0.3) is 0 Å². The van der Waals surface area contributed by atoms with Gasteiger partial charge in [-0.15, -0.1) is 0 Å². The molecular weight excluding hydrogens is 341 g/mol. The Labute approximate surface area is 148 Å². The number of nitrogen functional groups attached to an aromatic ring is 1. The fourth-order valence-electron chi connectivity index (χ4n) is 2.45. The van der Waals surface area contributed by atoms with E-state index in [1.165, 1.54) is 48.5 Å². The summed E-state index contributed by atoms with van der Waals surface area (Å²) in [5.41, 5.74) is 7.40. The number of carbonyl (C=O) groups is 2. The predicted octanol–water partition coefficient (Wildman–Crippen LogP) is 4.52.